The number of hydrogen-bond acceptors (Lipinski definition) is 5. The van der Waals surface area contributed by atoms with E-state index in [1.165, 1.54) is 6.92 Å². The molecule has 0 spiro atoms. The van der Waals surface area contributed by atoms with E-state index in [1.54, 1.807) is 0 Å². The lowest BCUT2D eigenvalue weighted by Gasteiger charge is -2.17. The van der Waals surface area contributed by atoms with Crippen LogP contribution in [0.1, 0.15) is 30.9 Å². The number of rotatable bonds is 11. The first-order chi connectivity index (χ1) is 14.4. The predicted octanol–water partition coefficient (Wildman–Crippen LogP) is 1.94. The molecule has 2 rings (SSSR count). The number of Topliss-reactive ketones (excluding diaryl/α,β-unsaturated/α-hetero) is 1. The minimum Gasteiger partial charge on any atom is -0.461 e. The monoisotopic (exact) mass is 410 g/mol. The Morgan fingerprint density at radius 2 is 1.47 bits per heavy atom. The molecular weight excluding hydrogens is 384 g/mol. The molecule has 0 aliphatic heterocycles. The Kier molecular flexibility index (Phi) is 9.24. The van der Waals surface area contributed by atoms with Crippen molar-refractivity contribution in [3.8, 4) is 0 Å². The average molecular weight is 410 g/mol. The summed E-state index contributed by atoms with van der Waals surface area (Å²) in [6.07, 6.45) is 0.227. The van der Waals surface area contributed by atoms with Gasteiger partial charge in [0.2, 0.25) is 11.8 Å². The average Bonchev–Trinajstić information content (AvgIpc) is 2.75. The summed E-state index contributed by atoms with van der Waals surface area (Å²) in [5, 5.41) is 5.13. The van der Waals surface area contributed by atoms with Gasteiger partial charge in [-0.25, -0.2) is 0 Å². The summed E-state index contributed by atoms with van der Waals surface area (Å²) in [5.41, 5.74) is 1.76. The lowest BCUT2D eigenvalue weighted by molar-refractivity contribution is -0.146. The van der Waals surface area contributed by atoms with E-state index in [0.29, 0.717) is 6.42 Å². The van der Waals surface area contributed by atoms with Gasteiger partial charge in [0.25, 0.3) is 0 Å². The minimum atomic E-state index is -0.784. The lowest BCUT2D eigenvalue weighted by atomic mass is 10.1. The van der Waals surface area contributed by atoms with Crippen LogP contribution >= 0.6 is 0 Å². The fourth-order valence-corrected chi connectivity index (χ4v) is 2.75. The number of ketones is 1. The number of ether oxygens (including phenoxy) is 1. The predicted molar refractivity (Wildman–Crippen MR) is 111 cm³/mol. The molecule has 2 N–H and O–H groups in total. The zero-order chi connectivity index (χ0) is 21.8. The second-order valence-electron chi connectivity index (χ2n) is 6.85. The SMILES string of the molecule is CC(=O)NC(Cc1ccccc1)C(=O)NCC(=O)CCC(=O)OCc1ccccc1. The Hall–Kier alpha value is -3.48. The highest BCUT2D eigenvalue weighted by atomic mass is 16.5. The fraction of sp³-hybridized carbons (Fsp3) is 0.304. The van der Waals surface area contributed by atoms with E-state index in [4.69, 9.17) is 4.74 Å². The van der Waals surface area contributed by atoms with Crippen molar-refractivity contribution in [1.29, 1.82) is 0 Å². The molecule has 2 amide bonds. The van der Waals surface area contributed by atoms with E-state index >= 15 is 0 Å². The van der Waals surface area contributed by atoms with Crippen molar-refractivity contribution in [3.63, 3.8) is 0 Å². The van der Waals surface area contributed by atoms with Crippen LogP contribution in [0.4, 0.5) is 0 Å². The highest BCUT2D eigenvalue weighted by Gasteiger charge is 2.20. The topological polar surface area (TPSA) is 102 Å². The van der Waals surface area contributed by atoms with Gasteiger partial charge in [0.1, 0.15) is 12.6 Å². The molecule has 0 saturated carbocycles. The van der Waals surface area contributed by atoms with Crippen LogP contribution in [0.25, 0.3) is 0 Å². The molecule has 2 aromatic carbocycles. The van der Waals surface area contributed by atoms with E-state index in [2.05, 4.69) is 10.6 Å². The molecule has 0 aliphatic rings. The number of esters is 1. The third-order valence-corrected chi connectivity index (χ3v) is 4.29. The molecule has 2 aromatic rings. The third-order valence-electron chi connectivity index (χ3n) is 4.29. The minimum absolute atomic E-state index is 0.0304. The summed E-state index contributed by atoms with van der Waals surface area (Å²) in [6.45, 7) is 1.27. The van der Waals surface area contributed by atoms with Gasteiger partial charge in [-0.1, -0.05) is 60.7 Å². The molecule has 1 atom stereocenters. The van der Waals surface area contributed by atoms with Crippen LogP contribution in [0.3, 0.4) is 0 Å². The van der Waals surface area contributed by atoms with Gasteiger partial charge in [-0.05, 0) is 11.1 Å². The molecule has 158 valence electrons. The first-order valence-electron chi connectivity index (χ1n) is 9.74. The van der Waals surface area contributed by atoms with E-state index < -0.39 is 17.9 Å². The lowest BCUT2D eigenvalue weighted by Crippen LogP contribution is -2.48. The summed E-state index contributed by atoms with van der Waals surface area (Å²) < 4.78 is 5.13. The zero-order valence-electron chi connectivity index (χ0n) is 16.9. The molecule has 0 fully saturated rings. The van der Waals surface area contributed by atoms with E-state index in [1.807, 2.05) is 60.7 Å². The van der Waals surface area contributed by atoms with Gasteiger partial charge in [-0.15, -0.1) is 0 Å². The van der Waals surface area contributed by atoms with Crippen LogP contribution in [0.15, 0.2) is 60.7 Å². The van der Waals surface area contributed by atoms with Crippen molar-refractivity contribution < 1.29 is 23.9 Å². The van der Waals surface area contributed by atoms with Gasteiger partial charge in [0, 0.05) is 19.8 Å². The highest BCUT2D eigenvalue weighted by molar-refractivity contribution is 5.91. The Morgan fingerprint density at radius 3 is 2.07 bits per heavy atom. The van der Waals surface area contributed by atoms with Crippen LogP contribution in [0.2, 0.25) is 0 Å². The Morgan fingerprint density at radius 1 is 0.867 bits per heavy atom. The molecule has 0 radical (unpaired) electrons. The summed E-state index contributed by atoms with van der Waals surface area (Å²) in [7, 11) is 0. The number of benzene rings is 2. The largest absolute Gasteiger partial charge is 0.461 e. The molecule has 7 nitrogen and oxygen atoms in total. The summed E-state index contributed by atoms with van der Waals surface area (Å²) in [5.74, 6) is -1.55. The number of carbonyl (C=O) groups is 4. The van der Waals surface area contributed by atoms with Crippen LogP contribution in [0, 0.1) is 0 Å². The first kappa shape index (κ1) is 22.8. The van der Waals surface area contributed by atoms with Crippen molar-refractivity contribution >= 4 is 23.6 Å². The molecule has 7 heteroatoms. The van der Waals surface area contributed by atoms with Crippen molar-refractivity contribution in [3.05, 3.63) is 71.8 Å². The van der Waals surface area contributed by atoms with Gasteiger partial charge in [0.05, 0.1) is 13.0 Å². The van der Waals surface area contributed by atoms with Gasteiger partial charge >= 0.3 is 5.97 Å². The van der Waals surface area contributed by atoms with E-state index in [-0.39, 0.29) is 37.7 Å². The molecule has 0 saturated heterocycles. The van der Waals surface area contributed by atoms with Gasteiger partial charge < -0.3 is 15.4 Å². The van der Waals surface area contributed by atoms with Crippen LogP contribution < -0.4 is 10.6 Å². The standard InChI is InChI=1S/C23H26N2O5/c1-17(26)25-21(14-18-8-4-2-5-9-18)23(29)24-15-20(27)12-13-22(28)30-16-19-10-6-3-7-11-19/h2-11,21H,12-16H2,1H3,(H,24,29)(H,25,26). The van der Waals surface area contributed by atoms with E-state index in [9.17, 15) is 19.2 Å². The van der Waals surface area contributed by atoms with Crippen LogP contribution in [0.5, 0.6) is 0 Å². The first-order valence-corrected chi connectivity index (χ1v) is 9.74. The van der Waals surface area contributed by atoms with Crippen molar-refractivity contribution in [1.82, 2.24) is 10.6 Å². The number of hydrogen-bond donors (Lipinski definition) is 2. The van der Waals surface area contributed by atoms with Crippen molar-refractivity contribution in [2.24, 2.45) is 0 Å². The molecule has 0 heterocycles. The smallest absolute Gasteiger partial charge is 0.306 e. The molecule has 0 aromatic heterocycles. The summed E-state index contributed by atoms with van der Waals surface area (Å²) in [6, 6.07) is 17.7. The Bertz CT molecular complexity index is 852. The van der Waals surface area contributed by atoms with Gasteiger partial charge in [-0.2, -0.15) is 0 Å². The molecule has 1 unspecified atom stereocenters. The van der Waals surface area contributed by atoms with Crippen molar-refractivity contribution in [2.75, 3.05) is 6.54 Å². The second kappa shape index (κ2) is 12.2. The third kappa shape index (κ3) is 8.68. The highest BCUT2D eigenvalue weighted by Crippen LogP contribution is 2.05. The molecule has 30 heavy (non-hydrogen) atoms. The summed E-state index contributed by atoms with van der Waals surface area (Å²) in [4.78, 5) is 47.6. The van der Waals surface area contributed by atoms with Crippen molar-refractivity contribution in [2.45, 2.75) is 38.8 Å². The second-order valence-corrected chi connectivity index (χ2v) is 6.85. The maximum absolute atomic E-state index is 12.4. The fourth-order valence-electron chi connectivity index (χ4n) is 2.75. The van der Waals surface area contributed by atoms with Crippen LogP contribution in [-0.2, 0) is 36.9 Å². The molecule has 0 aliphatic carbocycles. The number of nitrogens with one attached hydrogen (secondary N) is 2. The maximum Gasteiger partial charge on any atom is 0.306 e. The van der Waals surface area contributed by atoms with Gasteiger partial charge in [-0.3, -0.25) is 19.2 Å². The van der Waals surface area contributed by atoms with Crippen LogP contribution in [-0.4, -0.2) is 36.2 Å². The maximum atomic E-state index is 12.4. The number of carbonyl (C=O) groups excluding carboxylic acids is 4. The molecule has 0 bridgehead atoms. The summed E-state index contributed by atoms with van der Waals surface area (Å²) >= 11 is 0. The Labute approximate surface area is 175 Å². The quantitative estimate of drug-likeness (QED) is 0.552. The Balaban J connectivity index is 1.73. The molecular formula is C23H26N2O5. The van der Waals surface area contributed by atoms with E-state index in [0.717, 1.165) is 11.1 Å². The normalized spacial score (nSPS) is 11.2. The zero-order valence-corrected chi connectivity index (χ0v) is 16.9. The van der Waals surface area contributed by atoms with Gasteiger partial charge in [0.15, 0.2) is 5.78 Å². The number of amides is 2.